The molecule has 0 aliphatic carbocycles. The first-order valence-electron chi connectivity index (χ1n) is 17.4. The molecule has 0 saturated heterocycles. The predicted octanol–water partition coefficient (Wildman–Crippen LogP) is 13.6. The van der Waals surface area contributed by atoms with E-state index < -0.39 is 133 Å². The predicted molar refractivity (Wildman–Crippen MR) is 173 cm³/mol. The molecule has 74 heavy (non-hydrogen) atoms. The van der Waals surface area contributed by atoms with Gasteiger partial charge >= 0.3 is 101 Å². The van der Waals surface area contributed by atoms with Gasteiger partial charge < -0.3 is 19.4 Å². The molecule has 4 N–H and O–H groups in total. The van der Waals surface area contributed by atoms with E-state index in [0.717, 1.165) is 12.1 Å². The van der Waals surface area contributed by atoms with Crippen molar-refractivity contribution in [3.63, 3.8) is 0 Å². The van der Waals surface area contributed by atoms with E-state index in [-0.39, 0.29) is 26.4 Å². The van der Waals surface area contributed by atoms with Gasteiger partial charge in [-0.2, -0.15) is 149 Å². The van der Waals surface area contributed by atoms with Crippen molar-refractivity contribution in [1.82, 2.24) is 25.1 Å². The average molecular weight is 1200 g/mol. The van der Waals surface area contributed by atoms with E-state index in [9.17, 15) is 154 Å². The van der Waals surface area contributed by atoms with E-state index in [0.29, 0.717) is 6.07 Å². The van der Waals surface area contributed by atoms with Crippen molar-refractivity contribution in [3.05, 3.63) is 33.6 Å². The number of carbonyl (C=O) groups excluding carboxylic acids is 1. The van der Waals surface area contributed by atoms with E-state index in [1.165, 1.54) is 0 Å². The number of aromatic nitrogens is 5. The molecule has 2 heterocycles. The number of H-pyrrole nitrogens is 4. The van der Waals surface area contributed by atoms with E-state index in [1.54, 1.807) is 0 Å². The summed E-state index contributed by atoms with van der Waals surface area (Å²) in [5.41, 5.74) is 0.0846. The summed E-state index contributed by atoms with van der Waals surface area (Å²) in [7, 11) is 0. The largest absolute Gasteiger partial charge is 0.487 e. The maximum Gasteiger partial charge on any atom is 0.460 e. The third kappa shape index (κ3) is 10.4. The lowest BCUT2D eigenvalue weighted by Gasteiger charge is -2.42. The molecular formula is C30H15F34N5O3S2. The number of esters is 1. The molecule has 3 rings (SSSR count). The Morgan fingerprint density at radius 1 is 0.446 bits per heavy atom. The number of carbonyl (C=O) groups is 1. The topological polar surface area (TPSA) is 112 Å². The third-order valence-electron chi connectivity index (χ3n) is 9.01. The van der Waals surface area contributed by atoms with Gasteiger partial charge in [0.25, 0.3) is 0 Å². The molecule has 0 aliphatic heterocycles. The highest BCUT2D eigenvalue weighted by Gasteiger charge is 2.97. The fraction of sp³-hybridized carbons (Fsp3) is 0.667. The van der Waals surface area contributed by atoms with Gasteiger partial charge in [0.05, 0.1) is 17.5 Å². The van der Waals surface area contributed by atoms with Crippen LogP contribution in [0.1, 0.15) is 12.2 Å². The smallest absolute Gasteiger partial charge is 0.460 e. The minimum Gasteiger partial charge on any atom is -0.487 e. The first kappa shape index (κ1) is 65.3. The quantitative estimate of drug-likeness (QED) is 0.0510. The number of ether oxygens (including phenoxy) is 2. The molecule has 0 spiro atoms. The average Bonchev–Trinajstić information content (AvgIpc) is 3.82. The van der Waals surface area contributed by atoms with Crippen molar-refractivity contribution in [2.24, 2.45) is 0 Å². The fourth-order valence-corrected chi connectivity index (χ4v) is 5.12. The second-order valence-corrected chi connectivity index (χ2v) is 14.9. The Hall–Kier alpha value is -4.84. The first-order valence-corrected chi connectivity index (χ1v) is 18.2. The molecule has 0 bridgehead atoms. The number of benzene rings is 1. The fourth-order valence-electron chi connectivity index (χ4n) is 4.74. The van der Waals surface area contributed by atoms with Crippen LogP contribution in [0.25, 0.3) is 11.0 Å². The van der Waals surface area contributed by atoms with E-state index in [2.05, 4.69) is 59.1 Å². The number of nitrogens with one attached hydrogen (secondary N) is 4. The molecule has 44 heteroatoms. The summed E-state index contributed by atoms with van der Waals surface area (Å²) in [6.45, 7) is -6.31. The second-order valence-electron chi connectivity index (χ2n) is 14.1. The summed E-state index contributed by atoms with van der Waals surface area (Å²) in [6.07, 6.45) is -17.2. The Bertz CT molecular complexity index is 2570. The van der Waals surface area contributed by atoms with E-state index in [1.807, 2.05) is 0 Å². The van der Waals surface area contributed by atoms with Crippen LogP contribution in [0.5, 0.6) is 5.75 Å². The van der Waals surface area contributed by atoms with Gasteiger partial charge in [-0.25, -0.2) is 4.98 Å². The lowest BCUT2D eigenvalue weighted by atomic mass is 9.89. The summed E-state index contributed by atoms with van der Waals surface area (Å²) in [5.74, 6) is -117. The van der Waals surface area contributed by atoms with Crippen molar-refractivity contribution >= 4 is 41.4 Å². The SMILES string of the molecule is FC(F)(F)C(F)(F)C(F)(F)C(F)(F)C(F)(F)C(F)(F)C(F)(F)C(F)(F)COc1ccc2[nH]c(=S)[nH]c2c1.O=C(CCc1nc(=S)[nH][nH]1)OCC(F)(F)C(F)(F)C(F)(F)C(F)(F)C(F)(F)C(F)(F)C(F)(F)C(F)(F)F. The van der Waals surface area contributed by atoms with Gasteiger partial charge in [0.1, 0.15) is 11.6 Å². The number of hydrogen-bond acceptors (Lipinski definition) is 6. The first-order chi connectivity index (χ1) is 32.3. The highest BCUT2D eigenvalue weighted by molar-refractivity contribution is 7.71. The van der Waals surface area contributed by atoms with Crippen LogP contribution in [0.15, 0.2) is 18.2 Å². The second kappa shape index (κ2) is 19.3. The lowest BCUT2D eigenvalue weighted by molar-refractivity contribution is -0.462. The Balaban J connectivity index is 0.000000507. The number of fused-ring (bicyclic) bond motifs is 1. The van der Waals surface area contributed by atoms with Crippen LogP contribution in [-0.4, -0.2) is 140 Å². The highest BCUT2D eigenvalue weighted by atomic mass is 32.1. The van der Waals surface area contributed by atoms with Crippen molar-refractivity contribution in [2.45, 2.75) is 108 Å². The molecule has 0 atom stereocenters. The minimum atomic E-state index is -8.72. The van der Waals surface area contributed by atoms with Crippen molar-refractivity contribution in [2.75, 3.05) is 13.2 Å². The van der Waals surface area contributed by atoms with Gasteiger partial charge in [0, 0.05) is 12.5 Å². The van der Waals surface area contributed by atoms with Gasteiger partial charge in [-0.15, -0.1) is 0 Å². The van der Waals surface area contributed by atoms with Crippen molar-refractivity contribution in [3.8, 4) is 5.75 Å². The number of alkyl halides is 34. The van der Waals surface area contributed by atoms with Gasteiger partial charge in [0.15, 0.2) is 18.0 Å². The number of rotatable bonds is 20. The minimum absolute atomic E-state index is 0.0677. The zero-order valence-electron chi connectivity index (χ0n) is 33.4. The molecule has 1 aromatic carbocycles. The summed E-state index contributed by atoms with van der Waals surface area (Å²) in [6, 6.07) is 2.41. The van der Waals surface area contributed by atoms with Gasteiger partial charge in [-0.3, -0.25) is 15.0 Å². The number of hydrogen-bond donors (Lipinski definition) is 4. The Morgan fingerprint density at radius 2 is 0.784 bits per heavy atom. The zero-order chi connectivity index (χ0) is 58.9. The molecule has 0 aliphatic rings. The van der Waals surface area contributed by atoms with Gasteiger partial charge in [-0.1, -0.05) is 0 Å². The van der Waals surface area contributed by atoms with Crippen LogP contribution in [0.2, 0.25) is 0 Å². The molecule has 2 aromatic heterocycles. The molecule has 428 valence electrons. The number of aryl methyl sites for hydroxylation is 1. The highest BCUT2D eigenvalue weighted by Crippen LogP contribution is 2.66. The summed E-state index contributed by atoms with van der Waals surface area (Å²) < 4.78 is 455. The Kier molecular flexibility index (Phi) is 17.0. The normalized spacial score (nSPS) is 15.3. The third-order valence-corrected chi connectivity index (χ3v) is 9.41. The maximum absolute atomic E-state index is 13.9. The van der Waals surface area contributed by atoms with Crippen molar-refractivity contribution in [1.29, 1.82) is 0 Å². The summed E-state index contributed by atoms with van der Waals surface area (Å²) in [4.78, 5) is 19.6. The van der Waals surface area contributed by atoms with E-state index >= 15 is 0 Å². The van der Waals surface area contributed by atoms with E-state index in [4.69, 9.17) is 0 Å². The molecule has 0 saturated carbocycles. The Labute approximate surface area is 391 Å². The van der Waals surface area contributed by atoms with Crippen molar-refractivity contribution < 1.29 is 164 Å². The molecule has 3 aromatic rings. The van der Waals surface area contributed by atoms with Crippen LogP contribution in [0.4, 0.5) is 149 Å². The summed E-state index contributed by atoms with van der Waals surface area (Å²) >= 11 is 9.13. The number of halogens is 34. The molecule has 0 radical (unpaired) electrons. The van der Waals surface area contributed by atoms with Crippen LogP contribution in [-0.2, 0) is 16.0 Å². The number of nitrogens with zero attached hydrogens (tertiary/aromatic N) is 1. The molecule has 0 fully saturated rings. The van der Waals surface area contributed by atoms with Crippen LogP contribution >= 0.6 is 24.4 Å². The molecule has 8 nitrogen and oxygen atoms in total. The van der Waals surface area contributed by atoms with Gasteiger partial charge in [0.2, 0.25) is 4.77 Å². The maximum atomic E-state index is 13.9. The van der Waals surface area contributed by atoms with Crippen LogP contribution < -0.4 is 4.74 Å². The number of aromatic amines is 4. The lowest BCUT2D eigenvalue weighted by Crippen LogP contribution is -2.74. The Morgan fingerprint density at radius 3 is 1.14 bits per heavy atom. The zero-order valence-corrected chi connectivity index (χ0v) is 35.0. The molecule has 0 amide bonds. The van der Waals surface area contributed by atoms with Crippen LogP contribution in [0, 0.1) is 9.54 Å². The monoisotopic (exact) mass is 1200 g/mol. The standard InChI is InChI=1S/C16H7F17N2OS.C14H8F17N3O2S/c17-9(18,4-36-5-1-2-6-7(3-5)35-8(37)34-6)10(19,20)11(21,22)12(23,24)13(25,26)14(27,28)15(29,30)16(31,32)33;15-7(16,3-36-5(35)2-1-4-32-6(37)34-33-4)8(17,18)9(19,20)10(21,22)11(23,24)12(25,26)13(27,28)14(29,30)31/h1-3H,4H2,(H2,34,35,37);1-3H2,(H2,32,33,34,37). The van der Waals surface area contributed by atoms with Crippen LogP contribution in [0.3, 0.4) is 0 Å². The molecular weight excluding hydrogens is 1190 g/mol. The van der Waals surface area contributed by atoms with Gasteiger partial charge in [-0.05, 0) is 36.6 Å². The summed E-state index contributed by atoms with van der Waals surface area (Å²) in [5, 5.41) is 4.35. The molecule has 0 unspecified atom stereocenters. The number of imidazole rings is 1.